The number of aliphatic hydroxyl groups excluding tert-OH is 1. The number of allylic oxidation sites excluding steroid dienone is 2. The minimum atomic E-state index is -3.08. The molecule has 0 radical (unpaired) electrons. The van der Waals surface area contributed by atoms with E-state index in [1.807, 2.05) is 0 Å². The average molecular weight is 732 g/mol. The van der Waals surface area contributed by atoms with Crippen LogP contribution in [0.3, 0.4) is 0 Å². The van der Waals surface area contributed by atoms with E-state index in [2.05, 4.69) is 50.6 Å². The molecule has 0 bridgehead atoms. The van der Waals surface area contributed by atoms with Crippen molar-refractivity contribution < 1.29 is 48.7 Å². The molecule has 7 rings (SSSR count). The molecule has 5 N–H and O–H groups in total. The Balaban J connectivity index is 1.65. The number of hydrogen-bond donors (Lipinski definition) is 4. The number of likely N-dealkylation sites (N-methyl/N-ethyl adjacent to an activating group) is 1. The van der Waals surface area contributed by atoms with Crippen LogP contribution < -0.4 is 15.2 Å². The predicted molar refractivity (Wildman–Crippen MR) is 196 cm³/mol. The number of hydrogen-bond acceptors (Lipinski definition) is 12. The van der Waals surface area contributed by atoms with Gasteiger partial charge in [-0.25, -0.2) is 4.99 Å². The molecule has 2 aromatic carbocycles. The molecular formula is C40H49N3O10. The first-order valence-electron chi connectivity index (χ1n) is 18.4. The van der Waals surface area contributed by atoms with Crippen LogP contribution in [0.4, 0.5) is 0 Å². The summed E-state index contributed by atoms with van der Waals surface area (Å²) in [6.45, 7) is 14.8. The molecule has 0 saturated heterocycles. The molecule has 1 amide bonds. The van der Waals surface area contributed by atoms with Gasteiger partial charge in [0.1, 0.15) is 47.1 Å². The van der Waals surface area contributed by atoms with Gasteiger partial charge in [0.05, 0.1) is 18.1 Å². The molecule has 0 aromatic heterocycles. The number of ketones is 2. The van der Waals surface area contributed by atoms with Crippen molar-refractivity contribution in [2.24, 2.45) is 22.1 Å². The van der Waals surface area contributed by atoms with Crippen LogP contribution in [0.2, 0.25) is 0 Å². The van der Waals surface area contributed by atoms with Gasteiger partial charge in [-0.1, -0.05) is 46.3 Å². The zero-order valence-electron chi connectivity index (χ0n) is 31.6. The fourth-order valence-corrected chi connectivity index (χ4v) is 10.2. The zero-order chi connectivity index (χ0) is 38.6. The van der Waals surface area contributed by atoms with Crippen LogP contribution in [0.15, 0.2) is 34.0 Å². The summed E-state index contributed by atoms with van der Waals surface area (Å²) < 4.78 is 25.5. The Labute approximate surface area is 308 Å². The number of aliphatic imine (C=N–C) groups is 1. The number of carbonyl (C=O) groups is 3. The zero-order valence-corrected chi connectivity index (χ0v) is 31.6. The summed E-state index contributed by atoms with van der Waals surface area (Å²) in [5.41, 5.74) is 2.67. The van der Waals surface area contributed by atoms with Gasteiger partial charge in [0.2, 0.25) is 23.0 Å². The molecule has 1 aliphatic heterocycles. The highest BCUT2D eigenvalue weighted by Crippen LogP contribution is 2.68. The Morgan fingerprint density at radius 3 is 2.36 bits per heavy atom. The van der Waals surface area contributed by atoms with Crippen molar-refractivity contribution in [2.75, 3.05) is 40.5 Å². The highest BCUT2D eigenvalue weighted by Gasteiger charge is 2.75. The number of Topliss-reactive ketones (excluding diaryl/α,β-unsaturated/α-hetero) is 2. The van der Waals surface area contributed by atoms with Crippen molar-refractivity contribution in [2.45, 2.75) is 90.1 Å². The summed E-state index contributed by atoms with van der Waals surface area (Å²) in [7, 11) is 2.90. The normalized spacial score (nSPS) is 29.5. The molecule has 5 aliphatic rings. The van der Waals surface area contributed by atoms with Crippen LogP contribution in [-0.4, -0.2) is 95.7 Å². The van der Waals surface area contributed by atoms with Crippen LogP contribution in [0.25, 0.3) is 10.8 Å². The van der Waals surface area contributed by atoms with E-state index in [4.69, 9.17) is 24.7 Å². The van der Waals surface area contributed by atoms with Crippen LogP contribution in [0.5, 0.6) is 17.2 Å². The molecular weight excluding hydrogens is 682 g/mol. The minimum absolute atomic E-state index is 0.0697. The summed E-state index contributed by atoms with van der Waals surface area (Å²) in [5.74, 6) is -8.30. The molecule has 53 heavy (non-hydrogen) atoms. The fourth-order valence-electron chi connectivity index (χ4n) is 10.2. The molecule has 0 saturated carbocycles. The number of phenolic OH excluding ortho intramolecular Hbond substituents is 1. The van der Waals surface area contributed by atoms with E-state index >= 15 is 4.79 Å². The summed E-state index contributed by atoms with van der Waals surface area (Å²) in [6.07, 6.45) is 4.38. The van der Waals surface area contributed by atoms with Crippen molar-refractivity contribution in [3.8, 4) is 17.2 Å². The molecule has 5 atom stereocenters. The number of methoxy groups -OCH3 is 2. The maximum atomic E-state index is 15.1. The van der Waals surface area contributed by atoms with Crippen molar-refractivity contribution in [3.63, 3.8) is 0 Å². The Hall–Kier alpha value is -4.46. The van der Waals surface area contributed by atoms with Gasteiger partial charge in [-0.05, 0) is 50.3 Å². The number of phenols is 1. The van der Waals surface area contributed by atoms with Gasteiger partial charge in [-0.3, -0.25) is 14.4 Å². The van der Waals surface area contributed by atoms with E-state index < -0.39 is 68.9 Å². The third kappa shape index (κ3) is 4.47. The van der Waals surface area contributed by atoms with E-state index in [-0.39, 0.29) is 41.0 Å². The van der Waals surface area contributed by atoms with Gasteiger partial charge in [0.15, 0.2) is 5.90 Å². The standard InChI is InChI=1S/C40H49N3O10/c1-9-23-42-30-32(45)27(36(41)48)35(47)39(49)33(30)40(51-8,53-23)28-20-18-38(19(4)13-12-14-37(38,5)6)29-22(50-7)17-21(52-16-15-43(10-2)11-3)25(24(20)29)31(44)26(28)34(39)46/h13,17,30,33,44-45,49H,9-12,14-16,18H2,1-8H3,(H2,41,48)/t30-,33+,38+,39+,40+/m1/s1. The van der Waals surface area contributed by atoms with Crippen LogP contribution in [0.1, 0.15) is 87.9 Å². The average Bonchev–Trinajstić information content (AvgIpc) is 3.49. The van der Waals surface area contributed by atoms with Crippen molar-refractivity contribution in [3.05, 3.63) is 51.3 Å². The van der Waals surface area contributed by atoms with Gasteiger partial charge in [0, 0.05) is 48.1 Å². The number of aliphatic hydroxyl groups is 2. The first-order valence-corrected chi connectivity index (χ1v) is 18.4. The van der Waals surface area contributed by atoms with E-state index in [1.165, 1.54) is 7.11 Å². The third-order valence-corrected chi connectivity index (χ3v) is 12.9. The van der Waals surface area contributed by atoms with Crippen LogP contribution >= 0.6 is 0 Å². The number of fused-ring (bicyclic) bond motifs is 4. The summed E-state index contributed by atoms with van der Waals surface area (Å²) in [5, 5.41) is 37.5. The van der Waals surface area contributed by atoms with Crippen molar-refractivity contribution in [1.82, 2.24) is 4.90 Å². The van der Waals surface area contributed by atoms with Crippen LogP contribution in [-0.2, 0) is 36.7 Å². The number of rotatable bonds is 10. The minimum Gasteiger partial charge on any atom is -0.509 e. The molecule has 0 unspecified atom stereocenters. The van der Waals surface area contributed by atoms with Gasteiger partial charge >= 0.3 is 0 Å². The number of nitrogens with two attached hydrogens (primary N) is 1. The fraction of sp³-hybridized carbons (Fsp3) is 0.550. The molecule has 2 aromatic rings. The lowest BCUT2D eigenvalue weighted by Gasteiger charge is -2.55. The molecule has 1 spiro atoms. The predicted octanol–water partition coefficient (Wildman–Crippen LogP) is 4.27. The molecule has 4 aliphatic carbocycles. The lowest BCUT2D eigenvalue weighted by Crippen LogP contribution is -2.72. The van der Waals surface area contributed by atoms with E-state index in [1.54, 1.807) is 20.1 Å². The Bertz CT molecular complexity index is 2080. The summed E-state index contributed by atoms with van der Waals surface area (Å²) >= 11 is 0. The van der Waals surface area contributed by atoms with Crippen molar-refractivity contribution in [1.29, 1.82) is 0 Å². The topological polar surface area (TPSA) is 190 Å². The second kappa shape index (κ2) is 12.3. The van der Waals surface area contributed by atoms with Crippen LogP contribution in [0, 0.1) is 11.3 Å². The molecule has 1 heterocycles. The Morgan fingerprint density at radius 2 is 1.77 bits per heavy atom. The Morgan fingerprint density at radius 1 is 1.08 bits per heavy atom. The number of carbonyl (C=O) groups excluding carboxylic acids is 3. The van der Waals surface area contributed by atoms with E-state index in [9.17, 15) is 24.9 Å². The highest BCUT2D eigenvalue weighted by molar-refractivity contribution is 6.34. The molecule has 13 heteroatoms. The molecule has 0 fully saturated rings. The summed E-state index contributed by atoms with van der Waals surface area (Å²) in [6, 6.07) is 0.211. The number of primary amides is 1. The first-order chi connectivity index (χ1) is 25.1. The monoisotopic (exact) mass is 731 g/mol. The van der Waals surface area contributed by atoms with E-state index in [0.717, 1.165) is 37.1 Å². The highest BCUT2D eigenvalue weighted by atomic mass is 16.7. The first kappa shape index (κ1) is 36.9. The maximum absolute atomic E-state index is 15.1. The smallest absolute Gasteiger partial charge is 0.255 e. The van der Waals surface area contributed by atoms with Gasteiger partial charge in [-0.15, -0.1) is 0 Å². The number of amides is 1. The quantitative estimate of drug-likeness (QED) is 0.155. The Kier molecular flexibility index (Phi) is 8.55. The number of aromatic hydroxyl groups is 1. The lowest BCUT2D eigenvalue weighted by molar-refractivity contribution is -0.264. The maximum Gasteiger partial charge on any atom is 0.255 e. The second-order valence-electron chi connectivity index (χ2n) is 15.4. The number of benzene rings is 2. The number of nitrogens with zero attached hydrogens (tertiary/aromatic N) is 2. The third-order valence-electron chi connectivity index (χ3n) is 12.9. The lowest BCUT2D eigenvalue weighted by atomic mass is 9.54. The SMILES string of the molecule is CCC1=N[C@@H]2C(O)=C(C(N)=O)C(=O)[C@@]3(O)C(=O)c4c(c5c6c(c(OC)cc(OCCN(CC)CC)c6c4O)[C@]4(C5)C(C)=CCCC4(C)C)[C@](OC)(O1)[C@@H]23. The van der Waals surface area contributed by atoms with Gasteiger partial charge in [0.25, 0.3) is 5.91 Å². The van der Waals surface area contributed by atoms with Gasteiger partial charge < -0.3 is 44.9 Å². The van der Waals surface area contributed by atoms with Crippen molar-refractivity contribution >= 4 is 34.1 Å². The molecule has 284 valence electrons. The van der Waals surface area contributed by atoms with Gasteiger partial charge in [-0.2, -0.15) is 0 Å². The number of ether oxygens (including phenoxy) is 4. The largest absolute Gasteiger partial charge is 0.509 e. The van der Waals surface area contributed by atoms with E-state index in [0.29, 0.717) is 29.7 Å². The second-order valence-corrected chi connectivity index (χ2v) is 15.4. The molecule has 13 nitrogen and oxygen atoms in total. The summed E-state index contributed by atoms with van der Waals surface area (Å²) in [4.78, 5) is 48.7.